The van der Waals surface area contributed by atoms with Gasteiger partial charge in [0.25, 0.3) is 6.43 Å². The maximum atomic E-state index is 14.1. The van der Waals surface area contributed by atoms with Crippen molar-refractivity contribution in [2.75, 3.05) is 12.3 Å². The van der Waals surface area contributed by atoms with Gasteiger partial charge in [-0.2, -0.15) is 4.98 Å². The summed E-state index contributed by atoms with van der Waals surface area (Å²) in [7, 11) is 0. The summed E-state index contributed by atoms with van der Waals surface area (Å²) >= 11 is 11.1. The first-order chi connectivity index (χ1) is 15.1. The molecule has 1 aromatic heterocycles. The van der Waals surface area contributed by atoms with Crippen molar-refractivity contribution in [1.82, 2.24) is 9.55 Å². The number of rotatable bonds is 5. The summed E-state index contributed by atoms with van der Waals surface area (Å²) < 4.78 is 50.7. The number of aliphatic hydroxyl groups excluding tert-OH is 2. The Kier molecular flexibility index (Phi) is 6.29. The second kappa shape index (κ2) is 8.58. The zero-order chi connectivity index (χ0) is 23.3. The Morgan fingerprint density at radius 2 is 2.16 bits per heavy atom. The Morgan fingerprint density at radius 1 is 1.44 bits per heavy atom. The van der Waals surface area contributed by atoms with Gasteiger partial charge in [0.1, 0.15) is 23.8 Å². The first-order valence-corrected chi connectivity index (χ1v) is 12.0. The van der Waals surface area contributed by atoms with Crippen molar-refractivity contribution < 1.29 is 37.3 Å². The predicted octanol–water partition coefficient (Wildman–Crippen LogP) is 1.58. The number of nitrogens with two attached hydrogens (primary N) is 1. The van der Waals surface area contributed by atoms with Crippen LogP contribution in [0, 0.1) is 0 Å². The monoisotopic (exact) mass is 511 g/mol. The fourth-order valence-corrected chi connectivity index (χ4v) is 5.25. The molecule has 0 saturated carbocycles. The van der Waals surface area contributed by atoms with Gasteiger partial charge in [-0.25, -0.2) is 13.6 Å². The standard InChI is InChI=1S/C17H17ClF2N3O7PS/c18-9-5-23(16(26)22-13(9)21)14-11(24)12(25)17(29-14,15(19)20)7-28-31(32)27-6-8-3-1-2-4-10(8)30-31/h1-5,11-12,14-15,24-25H,6-7H2,(H2,21,22,26)/t11-,12+,14-,17-,31?/m1/s1. The van der Waals surface area contributed by atoms with E-state index in [-0.39, 0.29) is 17.4 Å². The van der Waals surface area contributed by atoms with Crippen LogP contribution in [0.1, 0.15) is 11.8 Å². The molecule has 174 valence electrons. The minimum absolute atomic E-state index is 0.0365. The topological polar surface area (TPSA) is 138 Å². The van der Waals surface area contributed by atoms with E-state index in [9.17, 15) is 23.8 Å². The van der Waals surface area contributed by atoms with Crippen molar-refractivity contribution in [2.45, 2.75) is 37.1 Å². The van der Waals surface area contributed by atoms with Crippen LogP contribution < -0.4 is 15.9 Å². The van der Waals surface area contributed by atoms with Crippen molar-refractivity contribution in [3.63, 3.8) is 0 Å². The van der Waals surface area contributed by atoms with Gasteiger partial charge in [-0.05, 0) is 6.07 Å². The molecular weight excluding hydrogens is 495 g/mol. The summed E-state index contributed by atoms with van der Waals surface area (Å²) in [6, 6.07) is 6.82. The molecule has 1 saturated heterocycles. The summed E-state index contributed by atoms with van der Waals surface area (Å²) in [5, 5.41) is 20.7. The molecule has 15 heteroatoms. The highest BCUT2D eigenvalue weighted by Crippen LogP contribution is 2.56. The summed E-state index contributed by atoms with van der Waals surface area (Å²) in [6.45, 7) is -4.49. The lowest BCUT2D eigenvalue weighted by atomic mass is 9.96. The molecule has 2 aliphatic rings. The van der Waals surface area contributed by atoms with Crippen LogP contribution in [0.25, 0.3) is 0 Å². The molecule has 2 aromatic rings. The minimum Gasteiger partial charge on any atom is -0.424 e. The maximum absolute atomic E-state index is 14.1. The number of alkyl halides is 2. The highest BCUT2D eigenvalue weighted by molar-refractivity contribution is 8.07. The molecular formula is C17H17ClF2N3O7PS. The van der Waals surface area contributed by atoms with Gasteiger partial charge in [-0.15, -0.1) is 0 Å². The minimum atomic E-state index is -3.53. The Balaban J connectivity index is 1.59. The molecule has 1 unspecified atom stereocenters. The number of nitrogen functional groups attached to an aromatic ring is 1. The lowest BCUT2D eigenvalue weighted by Gasteiger charge is -2.34. The number of fused-ring (bicyclic) bond motifs is 1. The summed E-state index contributed by atoms with van der Waals surface area (Å²) in [5.41, 5.74) is 2.35. The third-order valence-corrected chi connectivity index (χ3v) is 7.50. The fourth-order valence-electron chi connectivity index (χ4n) is 3.28. The number of benzene rings is 1. The molecule has 0 amide bonds. The molecule has 4 rings (SSSR count). The zero-order valence-electron chi connectivity index (χ0n) is 16.0. The van der Waals surface area contributed by atoms with Crippen LogP contribution in [0.15, 0.2) is 35.3 Å². The third-order valence-electron chi connectivity index (χ3n) is 5.04. The van der Waals surface area contributed by atoms with Crippen LogP contribution in [0.4, 0.5) is 14.6 Å². The lowest BCUT2D eigenvalue weighted by Crippen LogP contribution is -2.52. The summed E-state index contributed by atoms with van der Waals surface area (Å²) in [6.07, 6.45) is -8.28. The molecule has 0 spiro atoms. The third kappa shape index (κ3) is 4.03. The molecule has 0 radical (unpaired) electrons. The van der Waals surface area contributed by atoms with Gasteiger partial charge >= 0.3 is 12.4 Å². The maximum Gasteiger partial charge on any atom is 0.381 e. The number of ether oxygens (including phenoxy) is 1. The number of aromatic nitrogens is 2. The first-order valence-electron chi connectivity index (χ1n) is 9.09. The molecule has 5 atom stereocenters. The molecule has 1 aromatic carbocycles. The Hall–Kier alpha value is -1.70. The number of para-hydroxylation sites is 1. The molecule has 32 heavy (non-hydrogen) atoms. The largest absolute Gasteiger partial charge is 0.424 e. The van der Waals surface area contributed by atoms with Crippen LogP contribution >= 0.6 is 18.3 Å². The SMILES string of the molecule is Nc1nc(=O)n([C@@H]2O[C@@](COP3(=S)OCc4ccccc4O3)(C(F)F)[C@@H](O)[C@H]2O)cc1Cl. The number of hydrogen-bond donors (Lipinski definition) is 3. The molecule has 4 N–H and O–H groups in total. The number of halogens is 3. The van der Waals surface area contributed by atoms with E-state index in [1.807, 2.05) is 0 Å². The van der Waals surface area contributed by atoms with Crippen LogP contribution in [0.3, 0.4) is 0 Å². The van der Waals surface area contributed by atoms with E-state index < -0.39 is 49.5 Å². The smallest absolute Gasteiger partial charge is 0.381 e. The van der Waals surface area contributed by atoms with Crippen LogP contribution in [0.5, 0.6) is 5.75 Å². The summed E-state index contributed by atoms with van der Waals surface area (Å²) in [5.74, 6) is 0.0854. The van der Waals surface area contributed by atoms with E-state index in [2.05, 4.69) is 4.98 Å². The van der Waals surface area contributed by atoms with Gasteiger partial charge in [0.15, 0.2) is 11.8 Å². The van der Waals surface area contributed by atoms with Crippen molar-refractivity contribution in [3.05, 3.63) is 51.5 Å². The van der Waals surface area contributed by atoms with Crippen molar-refractivity contribution in [3.8, 4) is 5.75 Å². The van der Waals surface area contributed by atoms with Gasteiger partial charge in [0, 0.05) is 23.6 Å². The Bertz CT molecular complexity index is 1140. The number of nitrogens with zero attached hydrogens (tertiary/aromatic N) is 2. The van der Waals surface area contributed by atoms with Crippen LogP contribution in [-0.2, 0) is 32.2 Å². The average molecular weight is 512 g/mol. The number of aliphatic hydroxyl groups is 2. The molecule has 2 aliphatic heterocycles. The highest BCUT2D eigenvalue weighted by Gasteiger charge is 2.61. The van der Waals surface area contributed by atoms with Gasteiger partial charge in [0.2, 0.25) is 0 Å². The van der Waals surface area contributed by atoms with Gasteiger partial charge < -0.3 is 25.2 Å². The molecule has 10 nitrogen and oxygen atoms in total. The predicted molar refractivity (Wildman–Crippen MR) is 111 cm³/mol. The van der Waals surface area contributed by atoms with Crippen LogP contribution in [0.2, 0.25) is 5.02 Å². The van der Waals surface area contributed by atoms with E-state index in [1.165, 1.54) is 0 Å². The quantitative estimate of drug-likeness (QED) is 0.507. The molecule has 0 bridgehead atoms. The van der Waals surface area contributed by atoms with E-state index in [0.29, 0.717) is 15.9 Å². The van der Waals surface area contributed by atoms with Crippen molar-refractivity contribution >= 4 is 35.9 Å². The average Bonchev–Trinajstić information content (AvgIpc) is 3.01. The zero-order valence-corrected chi connectivity index (χ0v) is 18.5. The highest BCUT2D eigenvalue weighted by atomic mass is 35.5. The second-order valence-corrected chi connectivity index (χ2v) is 10.4. The normalized spacial score (nSPS) is 32.0. The second-order valence-electron chi connectivity index (χ2n) is 7.06. The number of anilines is 1. The van der Waals surface area contributed by atoms with E-state index in [4.69, 9.17) is 47.4 Å². The Morgan fingerprint density at radius 3 is 2.88 bits per heavy atom. The molecule has 1 fully saturated rings. The van der Waals surface area contributed by atoms with E-state index in [1.54, 1.807) is 24.3 Å². The van der Waals surface area contributed by atoms with Crippen molar-refractivity contribution in [2.24, 2.45) is 0 Å². The van der Waals surface area contributed by atoms with E-state index in [0.717, 1.165) is 6.20 Å². The van der Waals surface area contributed by atoms with Crippen molar-refractivity contribution in [1.29, 1.82) is 0 Å². The Labute approximate surface area is 189 Å². The van der Waals surface area contributed by atoms with Crippen LogP contribution in [-0.4, -0.2) is 50.6 Å². The summed E-state index contributed by atoms with van der Waals surface area (Å²) in [4.78, 5) is 15.6. The lowest BCUT2D eigenvalue weighted by molar-refractivity contribution is -0.193. The van der Waals surface area contributed by atoms with Gasteiger partial charge in [-0.3, -0.25) is 13.6 Å². The fraction of sp³-hybridized carbons (Fsp3) is 0.412. The van der Waals surface area contributed by atoms with E-state index >= 15 is 0 Å². The number of hydrogen-bond acceptors (Lipinski definition) is 10. The van der Waals surface area contributed by atoms with Gasteiger partial charge in [0.05, 0.1) is 18.2 Å². The first kappa shape index (κ1) is 23.5. The van der Waals surface area contributed by atoms with Gasteiger partial charge in [-0.1, -0.05) is 29.8 Å². The molecule has 3 heterocycles. The molecule has 0 aliphatic carbocycles.